The van der Waals surface area contributed by atoms with Crippen molar-refractivity contribution >= 4 is 51.8 Å². The van der Waals surface area contributed by atoms with Gasteiger partial charge in [0.25, 0.3) is 11.6 Å². The third-order valence-corrected chi connectivity index (χ3v) is 5.47. The van der Waals surface area contributed by atoms with Gasteiger partial charge in [-0.1, -0.05) is 30.3 Å². The van der Waals surface area contributed by atoms with E-state index in [9.17, 15) is 14.9 Å². The number of anilines is 1. The number of aromatic nitrogens is 4. The quantitative estimate of drug-likeness (QED) is 0.128. The van der Waals surface area contributed by atoms with Crippen LogP contribution in [-0.4, -0.2) is 62.6 Å². The van der Waals surface area contributed by atoms with Gasteiger partial charge in [0.2, 0.25) is 0 Å². The van der Waals surface area contributed by atoms with E-state index in [0.717, 1.165) is 11.1 Å². The normalized spacial score (nSPS) is 11.0. The second-order valence-electron chi connectivity index (χ2n) is 6.69. The molecule has 2 heterocycles. The molecular formula is C20H24ClN7O4S. The lowest BCUT2D eigenvalue weighted by Crippen LogP contribution is -2.28. The Morgan fingerprint density at radius 2 is 2.12 bits per heavy atom. The zero-order chi connectivity index (χ0) is 23.8. The first-order valence-electron chi connectivity index (χ1n) is 10.3. The van der Waals surface area contributed by atoms with Gasteiger partial charge in [0.1, 0.15) is 11.4 Å². The summed E-state index contributed by atoms with van der Waals surface area (Å²) in [7, 11) is 0. The van der Waals surface area contributed by atoms with Crippen molar-refractivity contribution in [3.05, 3.63) is 45.1 Å². The number of nitro groups is 1. The molecule has 0 saturated heterocycles. The summed E-state index contributed by atoms with van der Waals surface area (Å²) >= 11 is 7.42. The van der Waals surface area contributed by atoms with Crippen molar-refractivity contribution in [2.45, 2.75) is 25.5 Å². The number of nitro benzene ring substituents is 1. The molecular weight excluding hydrogens is 470 g/mol. The Morgan fingerprint density at radius 1 is 1.30 bits per heavy atom. The van der Waals surface area contributed by atoms with Gasteiger partial charge < -0.3 is 15.4 Å². The zero-order valence-corrected chi connectivity index (χ0v) is 19.8. The van der Waals surface area contributed by atoms with Crippen LogP contribution >= 0.6 is 23.4 Å². The van der Waals surface area contributed by atoms with Gasteiger partial charge in [-0.2, -0.15) is 5.10 Å². The largest absolute Gasteiger partial charge is 0.380 e. The SMILES string of the molecule is CCOCCNc1nc(SCC)nc2c1cnn2CCNC(=O)c1cc(Cl)ccc1[N+](=O)[O-]. The Labute approximate surface area is 199 Å². The van der Waals surface area contributed by atoms with Crippen LogP contribution in [0.25, 0.3) is 11.0 Å². The first-order chi connectivity index (χ1) is 15.9. The number of fused-ring (bicyclic) bond motifs is 1. The molecule has 1 amide bonds. The lowest BCUT2D eigenvalue weighted by Gasteiger charge is -2.10. The van der Waals surface area contributed by atoms with Crippen LogP contribution in [0, 0.1) is 10.1 Å². The molecule has 0 bridgehead atoms. The van der Waals surface area contributed by atoms with Crippen molar-refractivity contribution in [3.8, 4) is 0 Å². The molecule has 3 aromatic rings. The molecule has 2 aromatic heterocycles. The second-order valence-corrected chi connectivity index (χ2v) is 8.36. The molecule has 1 aromatic carbocycles. The van der Waals surface area contributed by atoms with E-state index in [-0.39, 0.29) is 22.8 Å². The summed E-state index contributed by atoms with van der Waals surface area (Å²) in [6.45, 7) is 6.24. The maximum Gasteiger partial charge on any atom is 0.282 e. The second kappa shape index (κ2) is 11.8. The van der Waals surface area contributed by atoms with Crippen molar-refractivity contribution in [2.24, 2.45) is 0 Å². The third kappa shape index (κ3) is 6.30. The topological polar surface area (TPSA) is 137 Å². The average molecular weight is 494 g/mol. The van der Waals surface area contributed by atoms with E-state index in [1.54, 1.807) is 10.9 Å². The number of carbonyl (C=O) groups excluding carboxylic acids is 1. The van der Waals surface area contributed by atoms with Crippen LogP contribution in [0.3, 0.4) is 0 Å². The summed E-state index contributed by atoms with van der Waals surface area (Å²) in [5.74, 6) is 0.892. The van der Waals surface area contributed by atoms with Gasteiger partial charge in [-0.05, 0) is 24.8 Å². The molecule has 2 N–H and O–H groups in total. The van der Waals surface area contributed by atoms with Gasteiger partial charge in [0.05, 0.1) is 29.7 Å². The Kier molecular flexibility index (Phi) is 8.80. The van der Waals surface area contributed by atoms with E-state index < -0.39 is 10.8 Å². The smallest absolute Gasteiger partial charge is 0.282 e. The number of halogens is 1. The predicted octanol–water partition coefficient (Wildman–Crippen LogP) is 3.38. The van der Waals surface area contributed by atoms with Gasteiger partial charge in [0.15, 0.2) is 10.8 Å². The summed E-state index contributed by atoms with van der Waals surface area (Å²) in [5.41, 5.74) is 0.226. The van der Waals surface area contributed by atoms with Crippen LogP contribution in [0.5, 0.6) is 0 Å². The maximum atomic E-state index is 12.5. The fourth-order valence-corrected chi connectivity index (χ4v) is 3.77. The maximum absolute atomic E-state index is 12.5. The highest BCUT2D eigenvalue weighted by atomic mass is 35.5. The lowest BCUT2D eigenvalue weighted by molar-refractivity contribution is -0.385. The molecule has 0 saturated carbocycles. The Bertz CT molecular complexity index is 1140. The summed E-state index contributed by atoms with van der Waals surface area (Å²) < 4.78 is 7.03. The van der Waals surface area contributed by atoms with Gasteiger partial charge in [-0.25, -0.2) is 14.6 Å². The number of nitrogens with zero attached hydrogens (tertiary/aromatic N) is 5. The number of thioether (sulfide) groups is 1. The summed E-state index contributed by atoms with van der Waals surface area (Å²) in [5, 5.41) is 23.2. The minimum atomic E-state index is -0.615. The molecule has 0 fully saturated rings. The van der Waals surface area contributed by atoms with Crippen LogP contribution in [0.15, 0.2) is 29.6 Å². The van der Waals surface area contributed by atoms with Gasteiger partial charge in [-0.15, -0.1) is 0 Å². The number of nitrogens with one attached hydrogen (secondary N) is 2. The van der Waals surface area contributed by atoms with E-state index >= 15 is 0 Å². The summed E-state index contributed by atoms with van der Waals surface area (Å²) in [4.78, 5) is 32.3. The minimum Gasteiger partial charge on any atom is -0.380 e. The number of hydrogen-bond donors (Lipinski definition) is 2. The van der Waals surface area contributed by atoms with E-state index in [1.807, 2.05) is 13.8 Å². The first kappa shape index (κ1) is 24.7. The number of hydrogen-bond acceptors (Lipinski definition) is 9. The van der Waals surface area contributed by atoms with E-state index in [1.165, 1.54) is 30.0 Å². The number of benzene rings is 1. The van der Waals surface area contributed by atoms with Gasteiger partial charge in [-0.3, -0.25) is 14.9 Å². The molecule has 0 aliphatic rings. The minimum absolute atomic E-state index is 0.0948. The molecule has 3 rings (SSSR count). The van der Waals surface area contributed by atoms with Crippen LogP contribution in [0.4, 0.5) is 11.5 Å². The number of rotatable bonds is 12. The molecule has 33 heavy (non-hydrogen) atoms. The fourth-order valence-electron chi connectivity index (χ4n) is 3.03. The molecule has 176 valence electrons. The van der Waals surface area contributed by atoms with Crippen molar-refractivity contribution < 1.29 is 14.5 Å². The Hall–Kier alpha value is -2.96. The number of carbonyl (C=O) groups is 1. The van der Waals surface area contributed by atoms with Crippen molar-refractivity contribution in [2.75, 3.05) is 37.4 Å². The van der Waals surface area contributed by atoms with Crippen molar-refractivity contribution in [1.82, 2.24) is 25.1 Å². The first-order valence-corrected chi connectivity index (χ1v) is 11.7. The molecule has 0 unspecified atom stereocenters. The fraction of sp³-hybridized carbons (Fsp3) is 0.400. The average Bonchev–Trinajstić information content (AvgIpc) is 3.19. The third-order valence-electron chi connectivity index (χ3n) is 4.50. The Morgan fingerprint density at radius 3 is 2.85 bits per heavy atom. The van der Waals surface area contributed by atoms with Gasteiger partial charge in [0, 0.05) is 30.8 Å². The highest BCUT2D eigenvalue weighted by molar-refractivity contribution is 7.99. The Balaban J connectivity index is 1.74. The molecule has 11 nitrogen and oxygen atoms in total. The van der Waals surface area contributed by atoms with Crippen LogP contribution in [-0.2, 0) is 11.3 Å². The van der Waals surface area contributed by atoms with Crippen LogP contribution in [0.1, 0.15) is 24.2 Å². The standard InChI is InChI=1S/C20H24ClN7O4S/c1-3-32-10-8-22-17-15-12-24-27(18(15)26-20(25-17)33-4-2)9-7-23-19(29)14-11-13(21)5-6-16(14)28(30)31/h5-6,11-12H,3-4,7-10H2,1-2H3,(H,23,29)(H,22,25,26). The number of ether oxygens (including phenoxy) is 1. The van der Waals surface area contributed by atoms with Gasteiger partial charge >= 0.3 is 0 Å². The summed E-state index contributed by atoms with van der Waals surface area (Å²) in [6.07, 6.45) is 1.67. The highest BCUT2D eigenvalue weighted by Gasteiger charge is 2.20. The molecule has 0 aliphatic carbocycles. The van der Waals surface area contributed by atoms with Crippen molar-refractivity contribution in [1.29, 1.82) is 0 Å². The zero-order valence-electron chi connectivity index (χ0n) is 18.2. The summed E-state index contributed by atoms with van der Waals surface area (Å²) in [6, 6.07) is 3.86. The van der Waals surface area contributed by atoms with E-state index in [4.69, 9.17) is 16.3 Å². The van der Waals surface area contributed by atoms with Crippen LogP contribution < -0.4 is 10.6 Å². The van der Waals surface area contributed by atoms with Crippen molar-refractivity contribution in [3.63, 3.8) is 0 Å². The monoisotopic (exact) mass is 493 g/mol. The van der Waals surface area contributed by atoms with Crippen LogP contribution in [0.2, 0.25) is 5.02 Å². The van der Waals surface area contributed by atoms with E-state index in [2.05, 4.69) is 25.7 Å². The van der Waals surface area contributed by atoms with E-state index in [0.29, 0.717) is 42.9 Å². The molecule has 0 spiro atoms. The molecule has 13 heteroatoms. The number of amides is 1. The molecule has 0 aliphatic heterocycles. The molecule has 0 radical (unpaired) electrons. The lowest BCUT2D eigenvalue weighted by atomic mass is 10.1. The molecule has 0 atom stereocenters. The predicted molar refractivity (Wildman–Crippen MR) is 127 cm³/mol. The highest BCUT2D eigenvalue weighted by Crippen LogP contribution is 2.25.